The van der Waals surface area contributed by atoms with Crippen LogP contribution in [0.5, 0.6) is 0 Å². The van der Waals surface area contributed by atoms with E-state index in [-0.39, 0.29) is 0 Å². The third-order valence-electron chi connectivity index (χ3n) is 4.13. The molecule has 3 rings (SSSR count). The maximum absolute atomic E-state index is 12.9. The van der Waals surface area contributed by atoms with Crippen LogP contribution in [0.15, 0.2) is 46.0 Å². The second-order valence-corrected chi connectivity index (χ2v) is 8.49. The average Bonchev–Trinajstić information content (AvgIpc) is 3.09. The Balaban J connectivity index is 1.74. The van der Waals surface area contributed by atoms with E-state index in [2.05, 4.69) is 16.8 Å². The van der Waals surface area contributed by atoms with Gasteiger partial charge in [0.1, 0.15) is 0 Å². The zero-order valence-electron chi connectivity index (χ0n) is 13.1. The van der Waals surface area contributed by atoms with Crippen LogP contribution in [-0.2, 0) is 23.1 Å². The lowest BCUT2D eigenvalue weighted by molar-refractivity contribution is 0.346. The van der Waals surface area contributed by atoms with Crippen LogP contribution in [0.25, 0.3) is 0 Å². The van der Waals surface area contributed by atoms with Crippen LogP contribution in [0.1, 0.15) is 30.4 Å². The molecule has 0 amide bonds. The molecule has 0 saturated carbocycles. The third kappa shape index (κ3) is 4.01. The van der Waals surface area contributed by atoms with E-state index in [4.69, 9.17) is 0 Å². The molecule has 1 aliphatic heterocycles. The van der Waals surface area contributed by atoms with Gasteiger partial charge in [0.15, 0.2) is 0 Å². The Morgan fingerprint density at radius 1 is 1.04 bits per heavy atom. The predicted molar refractivity (Wildman–Crippen MR) is 93.9 cm³/mol. The van der Waals surface area contributed by atoms with Crippen molar-refractivity contribution in [3.8, 4) is 0 Å². The van der Waals surface area contributed by atoms with Gasteiger partial charge < -0.3 is 5.32 Å². The smallest absolute Gasteiger partial charge is 0.243 e. The third-order valence-corrected chi connectivity index (χ3v) is 6.86. The normalized spacial score (nSPS) is 16.5. The second kappa shape index (κ2) is 7.57. The Kier molecular flexibility index (Phi) is 5.48. The zero-order chi connectivity index (χ0) is 16.1. The van der Waals surface area contributed by atoms with Gasteiger partial charge in [-0.2, -0.15) is 15.6 Å². The van der Waals surface area contributed by atoms with Crippen LogP contribution in [0, 0.1) is 0 Å². The Morgan fingerprint density at radius 3 is 2.57 bits per heavy atom. The highest BCUT2D eigenvalue weighted by Gasteiger charge is 2.27. The highest BCUT2D eigenvalue weighted by molar-refractivity contribution is 7.89. The first-order valence-corrected chi connectivity index (χ1v) is 10.4. The zero-order valence-corrected chi connectivity index (χ0v) is 14.7. The molecule has 0 bridgehead atoms. The van der Waals surface area contributed by atoms with Crippen molar-refractivity contribution in [2.45, 2.75) is 37.2 Å². The molecule has 1 saturated heterocycles. The molecule has 2 aromatic rings. The van der Waals surface area contributed by atoms with Crippen molar-refractivity contribution in [1.82, 2.24) is 9.62 Å². The summed E-state index contributed by atoms with van der Waals surface area (Å²) in [5, 5.41) is 7.49. The standard InChI is InChI=1S/C17H22N2O2S2/c20-23(21,19-9-4-1-5-10-19)17-7-3-2-6-16(17)13-18-12-15-8-11-22-14-15/h2-3,6-8,11,14,18H,1,4-5,9-10,12-13H2. The topological polar surface area (TPSA) is 49.4 Å². The molecule has 1 N–H and O–H groups in total. The molecule has 2 heterocycles. The van der Waals surface area contributed by atoms with Crippen LogP contribution < -0.4 is 5.32 Å². The number of benzene rings is 1. The van der Waals surface area contributed by atoms with Gasteiger partial charge in [-0.1, -0.05) is 24.6 Å². The molecule has 124 valence electrons. The van der Waals surface area contributed by atoms with Crippen molar-refractivity contribution in [2.24, 2.45) is 0 Å². The molecule has 0 spiro atoms. The molecule has 0 atom stereocenters. The molecule has 1 fully saturated rings. The highest BCUT2D eigenvalue weighted by atomic mass is 32.2. The maximum Gasteiger partial charge on any atom is 0.243 e. The molecule has 1 aromatic carbocycles. The van der Waals surface area contributed by atoms with Crippen molar-refractivity contribution in [3.05, 3.63) is 52.2 Å². The van der Waals surface area contributed by atoms with Crippen molar-refractivity contribution in [1.29, 1.82) is 0 Å². The SMILES string of the molecule is O=S(=O)(c1ccccc1CNCc1ccsc1)N1CCCCC1. The Morgan fingerprint density at radius 2 is 1.83 bits per heavy atom. The fourth-order valence-electron chi connectivity index (χ4n) is 2.88. The molecular formula is C17H22N2O2S2. The lowest BCUT2D eigenvalue weighted by Gasteiger charge is -2.26. The van der Waals surface area contributed by atoms with E-state index in [0.29, 0.717) is 24.5 Å². The summed E-state index contributed by atoms with van der Waals surface area (Å²) in [4.78, 5) is 0.444. The van der Waals surface area contributed by atoms with Crippen molar-refractivity contribution in [3.63, 3.8) is 0 Å². The maximum atomic E-state index is 12.9. The van der Waals surface area contributed by atoms with Crippen LogP contribution in [0.2, 0.25) is 0 Å². The van der Waals surface area contributed by atoms with Gasteiger partial charge in [0.25, 0.3) is 0 Å². The van der Waals surface area contributed by atoms with E-state index >= 15 is 0 Å². The summed E-state index contributed by atoms with van der Waals surface area (Å²) in [5.74, 6) is 0. The van der Waals surface area contributed by atoms with Crippen molar-refractivity contribution < 1.29 is 8.42 Å². The number of piperidine rings is 1. The number of nitrogens with zero attached hydrogens (tertiary/aromatic N) is 1. The Labute approximate surface area is 142 Å². The van der Waals surface area contributed by atoms with Gasteiger partial charge in [-0.15, -0.1) is 0 Å². The minimum Gasteiger partial charge on any atom is -0.309 e. The van der Waals surface area contributed by atoms with E-state index in [1.54, 1.807) is 27.8 Å². The number of sulfonamides is 1. The van der Waals surface area contributed by atoms with Crippen LogP contribution in [0.4, 0.5) is 0 Å². The Bertz CT molecular complexity index is 721. The van der Waals surface area contributed by atoms with Gasteiger partial charge in [-0.25, -0.2) is 8.42 Å². The summed E-state index contributed by atoms with van der Waals surface area (Å²) in [6.45, 7) is 2.58. The number of hydrogen-bond donors (Lipinski definition) is 1. The summed E-state index contributed by atoms with van der Waals surface area (Å²) in [6.07, 6.45) is 3.03. The van der Waals surface area contributed by atoms with Crippen molar-refractivity contribution in [2.75, 3.05) is 13.1 Å². The quantitative estimate of drug-likeness (QED) is 0.870. The van der Waals surface area contributed by atoms with Crippen LogP contribution in [-0.4, -0.2) is 25.8 Å². The van der Waals surface area contributed by atoms with Gasteiger partial charge in [-0.05, 0) is 46.9 Å². The lowest BCUT2D eigenvalue weighted by Crippen LogP contribution is -2.36. The first-order chi connectivity index (χ1) is 11.2. The molecule has 1 aliphatic rings. The van der Waals surface area contributed by atoms with E-state index < -0.39 is 10.0 Å². The molecule has 6 heteroatoms. The minimum absolute atomic E-state index is 0.444. The molecule has 1 aromatic heterocycles. The number of nitrogens with one attached hydrogen (secondary N) is 1. The van der Waals surface area contributed by atoms with Crippen LogP contribution in [0.3, 0.4) is 0 Å². The van der Waals surface area contributed by atoms with E-state index in [1.165, 1.54) is 5.56 Å². The van der Waals surface area contributed by atoms with E-state index in [1.807, 2.05) is 17.5 Å². The Hall–Kier alpha value is -1.21. The lowest BCUT2D eigenvalue weighted by atomic mass is 10.2. The van der Waals surface area contributed by atoms with Gasteiger partial charge in [0.05, 0.1) is 4.90 Å². The molecule has 0 unspecified atom stereocenters. The number of thiophene rings is 1. The highest BCUT2D eigenvalue weighted by Crippen LogP contribution is 2.23. The summed E-state index contributed by atoms with van der Waals surface area (Å²) in [7, 11) is -3.38. The van der Waals surface area contributed by atoms with Crippen LogP contribution >= 0.6 is 11.3 Å². The van der Waals surface area contributed by atoms with Gasteiger partial charge in [0, 0.05) is 26.2 Å². The fourth-order valence-corrected chi connectivity index (χ4v) is 5.29. The molecule has 23 heavy (non-hydrogen) atoms. The summed E-state index contributed by atoms with van der Waals surface area (Å²) >= 11 is 1.67. The first-order valence-electron chi connectivity index (χ1n) is 7.98. The first kappa shape index (κ1) is 16.6. The molecule has 4 nitrogen and oxygen atoms in total. The molecule has 0 radical (unpaired) electrons. The van der Waals surface area contributed by atoms with E-state index in [9.17, 15) is 8.42 Å². The summed E-state index contributed by atoms with van der Waals surface area (Å²) in [6, 6.07) is 9.41. The molecule has 0 aliphatic carbocycles. The van der Waals surface area contributed by atoms with E-state index in [0.717, 1.165) is 31.4 Å². The number of hydrogen-bond acceptors (Lipinski definition) is 4. The monoisotopic (exact) mass is 350 g/mol. The summed E-state index contributed by atoms with van der Waals surface area (Å²) in [5.41, 5.74) is 2.07. The van der Waals surface area contributed by atoms with Gasteiger partial charge in [0.2, 0.25) is 10.0 Å². The summed E-state index contributed by atoms with van der Waals surface area (Å²) < 4.78 is 27.4. The molecular weight excluding hydrogens is 328 g/mol. The van der Waals surface area contributed by atoms with Crippen molar-refractivity contribution >= 4 is 21.4 Å². The average molecular weight is 351 g/mol. The largest absolute Gasteiger partial charge is 0.309 e. The van der Waals surface area contributed by atoms with Gasteiger partial charge >= 0.3 is 0 Å². The fraction of sp³-hybridized carbons (Fsp3) is 0.412. The predicted octanol–water partition coefficient (Wildman–Crippen LogP) is 3.21. The van der Waals surface area contributed by atoms with Gasteiger partial charge in [-0.3, -0.25) is 0 Å². The second-order valence-electron chi connectivity index (χ2n) is 5.81. The minimum atomic E-state index is -3.38. The number of rotatable bonds is 6.